The summed E-state index contributed by atoms with van der Waals surface area (Å²) in [6, 6.07) is 9.56. The molecule has 0 aliphatic heterocycles. The Balaban J connectivity index is 1.97. The molecule has 1 heterocycles. The first-order valence-corrected chi connectivity index (χ1v) is 8.30. The number of amides is 1. The maximum atomic E-state index is 12.9. The van der Waals surface area contributed by atoms with Gasteiger partial charge in [-0.1, -0.05) is 37.7 Å². The second kappa shape index (κ2) is 7.70. The molecule has 0 spiro atoms. The minimum Gasteiger partial charge on any atom is -0.325 e. The predicted molar refractivity (Wildman–Crippen MR) is 89.1 cm³/mol. The number of benzene rings is 1. The van der Waals surface area contributed by atoms with Crippen LogP contribution in [-0.2, 0) is 11.0 Å². The molecule has 1 amide bonds. The first-order valence-electron chi connectivity index (χ1n) is 7.32. The largest absolute Gasteiger partial charge is 0.419 e. The Morgan fingerprint density at radius 3 is 2.46 bits per heavy atom. The summed E-state index contributed by atoms with van der Waals surface area (Å²) in [6.07, 6.45) is -3.21. The van der Waals surface area contributed by atoms with Gasteiger partial charge in [0.25, 0.3) is 0 Å². The van der Waals surface area contributed by atoms with Crippen molar-refractivity contribution in [2.75, 3.05) is 11.1 Å². The van der Waals surface area contributed by atoms with Crippen LogP contribution in [0.2, 0.25) is 0 Å². The monoisotopic (exact) mass is 354 g/mol. The van der Waals surface area contributed by atoms with Crippen molar-refractivity contribution < 1.29 is 18.0 Å². The van der Waals surface area contributed by atoms with Crippen LogP contribution in [0.15, 0.2) is 47.6 Å². The Morgan fingerprint density at radius 1 is 1.21 bits per heavy atom. The lowest BCUT2D eigenvalue weighted by molar-refractivity contribution is -0.140. The van der Waals surface area contributed by atoms with Crippen LogP contribution in [0, 0.1) is 0 Å². The molecule has 0 atom stereocenters. The van der Waals surface area contributed by atoms with Crippen LogP contribution >= 0.6 is 11.8 Å². The molecule has 0 bridgehead atoms. The molecular formula is C17H17F3N2OS. The van der Waals surface area contributed by atoms with Gasteiger partial charge in [-0.05, 0) is 35.7 Å². The molecule has 128 valence electrons. The van der Waals surface area contributed by atoms with Gasteiger partial charge in [0.15, 0.2) is 0 Å². The minimum atomic E-state index is -4.49. The molecule has 1 aromatic heterocycles. The minimum absolute atomic E-state index is 0.147. The van der Waals surface area contributed by atoms with E-state index in [4.69, 9.17) is 0 Å². The topological polar surface area (TPSA) is 42.0 Å². The van der Waals surface area contributed by atoms with E-state index in [9.17, 15) is 18.0 Å². The fraction of sp³-hybridized carbons (Fsp3) is 0.294. The number of nitrogens with zero attached hydrogens (tertiary/aromatic N) is 1. The highest BCUT2D eigenvalue weighted by Gasteiger charge is 2.34. The molecule has 3 nitrogen and oxygen atoms in total. The van der Waals surface area contributed by atoms with Crippen molar-refractivity contribution in [3.8, 4) is 0 Å². The molecule has 0 saturated heterocycles. The van der Waals surface area contributed by atoms with Crippen LogP contribution < -0.4 is 5.32 Å². The summed E-state index contributed by atoms with van der Waals surface area (Å²) in [4.78, 5) is 15.6. The average molecular weight is 354 g/mol. The van der Waals surface area contributed by atoms with Gasteiger partial charge in [0, 0.05) is 11.9 Å². The maximum absolute atomic E-state index is 12.9. The highest BCUT2D eigenvalue weighted by molar-refractivity contribution is 8.00. The zero-order valence-electron chi connectivity index (χ0n) is 13.2. The number of pyridine rings is 1. The third kappa shape index (κ3) is 4.99. The normalized spacial score (nSPS) is 11.6. The van der Waals surface area contributed by atoms with E-state index in [-0.39, 0.29) is 16.7 Å². The Kier molecular flexibility index (Phi) is 5.88. The zero-order valence-corrected chi connectivity index (χ0v) is 14.0. The second-order valence-corrected chi connectivity index (χ2v) is 6.43. The van der Waals surface area contributed by atoms with E-state index >= 15 is 0 Å². The van der Waals surface area contributed by atoms with Crippen molar-refractivity contribution in [3.05, 3.63) is 53.7 Å². The van der Waals surface area contributed by atoms with Crippen LogP contribution in [0.1, 0.15) is 30.9 Å². The summed E-state index contributed by atoms with van der Waals surface area (Å²) in [6.45, 7) is 4.13. The van der Waals surface area contributed by atoms with Gasteiger partial charge < -0.3 is 5.32 Å². The molecular weight excluding hydrogens is 337 g/mol. The molecule has 0 saturated carbocycles. The van der Waals surface area contributed by atoms with Gasteiger partial charge in [0.05, 0.1) is 11.3 Å². The highest BCUT2D eigenvalue weighted by atomic mass is 32.2. The quantitative estimate of drug-likeness (QED) is 0.772. The van der Waals surface area contributed by atoms with Crippen molar-refractivity contribution in [2.45, 2.75) is 31.0 Å². The number of aromatic nitrogens is 1. The van der Waals surface area contributed by atoms with Gasteiger partial charge in [-0.2, -0.15) is 13.2 Å². The van der Waals surface area contributed by atoms with Gasteiger partial charge in [0.2, 0.25) is 5.91 Å². The van der Waals surface area contributed by atoms with E-state index in [0.717, 1.165) is 23.4 Å². The number of hydrogen-bond acceptors (Lipinski definition) is 3. The van der Waals surface area contributed by atoms with Crippen LogP contribution in [-0.4, -0.2) is 16.6 Å². The molecule has 0 unspecified atom stereocenters. The number of carbonyl (C=O) groups excluding carboxylic acids is 1. The fourth-order valence-corrected chi connectivity index (χ4v) is 2.82. The lowest BCUT2D eigenvalue weighted by atomic mass is 10.0. The van der Waals surface area contributed by atoms with Gasteiger partial charge >= 0.3 is 6.18 Å². The molecule has 0 radical (unpaired) electrons. The summed E-state index contributed by atoms with van der Waals surface area (Å²) in [5, 5.41) is 2.47. The third-order valence-electron chi connectivity index (χ3n) is 3.28. The molecule has 0 fully saturated rings. The SMILES string of the molecule is CC(C)c1ccc(NC(=O)CSc2ncccc2C(F)(F)F)cc1. The third-order valence-corrected chi connectivity index (χ3v) is 4.28. The van der Waals surface area contributed by atoms with Gasteiger partial charge in [-0.3, -0.25) is 4.79 Å². The number of thioether (sulfide) groups is 1. The smallest absolute Gasteiger partial charge is 0.325 e. The summed E-state index contributed by atoms with van der Waals surface area (Å²) in [5.74, 6) is -0.141. The lowest BCUT2D eigenvalue weighted by Gasteiger charge is -2.11. The first-order chi connectivity index (χ1) is 11.3. The number of rotatable bonds is 5. The molecule has 7 heteroatoms. The van der Waals surface area contributed by atoms with Crippen LogP contribution in [0.3, 0.4) is 0 Å². The van der Waals surface area contributed by atoms with Crippen molar-refractivity contribution in [1.82, 2.24) is 4.98 Å². The van der Waals surface area contributed by atoms with Gasteiger partial charge in [0.1, 0.15) is 5.03 Å². The fourth-order valence-electron chi connectivity index (χ4n) is 2.00. The van der Waals surface area contributed by atoms with E-state index < -0.39 is 11.7 Å². The molecule has 0 aliphatic rings. The zero-order chi connectivity index (χ0) is 17.7. The molecule has 1 N–H and O–H groups in total. The number of carbonyl (C=O) groups is 1. The average Bonchev–Trinajstić information content (AvgIpc) is 2.53. The van der Waals surface area contributed by atoms with E-state index in [0.29, 0.717) is 11.6 Å². The molecule has 0 aliphatic carbocycles. The number of hydrogen-bond donors (Lipinski definition) is 1. The van der Waals surface area contributed by atoms with Crippen molar-refractivity contribution in [2.24, 2.45) is 0 Å². The van der Waals surface area contributed by atoms with Crippen molar-refractivity contribution >= 4 is 23.4 Å². The van der Waals surface area contributed by atoms with Crippen LogP contribution in [0.4, 0.5) is 18.9 Å². The van der Waals surface area contributed by atoms with Crippen LogP contribution in [0.25, 0.3) is 0 Å². The number of nitrogens with one attached hydrogen (secondary N) is 1. The Morgan fingerprint density at radius 2 is 1.88 bits per heavy atom. The lowest BCUT2D eigenvalue weighted by Crippen LogP contribution is -2.15. The summed E-state index contributed by atoms with van der Waals surface area (Å²) >= 11 is 0.766. The molecule has 2 aromatic rings. The Bertz CT molecular complexity index is 700. The number of anilines is 1. The van der Waals surface area contributed by atoms with E-state index in [1.807, 2.05) is 12.1 Å². The molecule has 1 aromatic carbocycles. The Labute approximate surface area is 142 Å². The summed E-state index contributed by atoms with van der Waals surface area (Å²) in [5.41, 5.74) is 0.928. The van der Waals surface area contributed by atoms with Gasteiger partial charge in [-0.25, -0.2) is 4.98 Å². The molecule has 24 heavy (non-hydrogen) atoms. The van der Waals surface area contributed by atoms with Crippen molar-refractivity contribution in [3.63, 3.8) is 0 Å². The van der Waals surface area contributed by atoms with E-state index in [2.05, 4.69) is 24.1 Å². The molecule has 2 rings (SSSR count). The van der Waals surface area contributed by atoms with E-state index in [1.165, 1.54) is 12.3 Å². The standard InChI is InChI=1S/C17H17F3N2OS/c1-11(2)12-5-7-13(8-6-12)22-15(23)10-24-16-14(17(18,19)20)4-3-9-21-16/h3-9,11H,10H2,1-2H3,(H,22,23). The van der Waals surface area contributed by atoms with Crippen molar-refractivity contribution in [1.29, 1.82) is 0 Å². The number of halogens is 3. The van der Waals surface area contributed by atoms with Crippen LogP contribution in [0.5, 0.6) is 0 Å². The highest BCUT2D eigenvalue weighted by Crippen LogP contribution is 2.35. The number of alkyl halides is 3. The predicted octanol–water partition coefficient (Wildman–Crippen LogP) is 4.95. The summed E-state index contributed by atoms with van der Waals surface area (Å²) < 4.78 is 38.6. The summed E-state index contributed by atoms with van der Waals surface area (Å²) in [7, 11) is 0. The second-order valence-electron chi connectivity index (χ2n) is 5.47. The Hall–Kier alpha value is -2.02. The first kappa shape index (κ1) is 18.3. The van der Waals surface area contributed by atoms with Gasteiger partial charge in [-0.15, -0.1) is 0 Å². The maximum Gasteiger partial charge on any atom is 0.419 e. The van der Waals surface area contributed by atoms with E-state index in [1.54, 1.807) is 12.1 Å².